The molecule has 0 heterocycles. The maximum Gasteiger partial charge on any atom is 0.306 e. The molecule has 0 radical (unpaired) electrons. The summed E-state index contributed by atoms with van der Waals surface area (Å²) < 4.78 is 4.78. The molecule has 4 heteroatoms. The topological polar surface area (TPSA) is 38.3 Å². The van der Waals surface area contributed by atoms with Gasteiger partial charge in [-0.2, -0.15) is 0 Å². The molecule has 116 valence electrons. The van der Waals surface area contributed by atoms with Gasteiger partial charge in [0.15, 0.2) is 0 Å². The fraction of sp³-hybridized carbons (Fsp3) is 0.588. The molecule has 3 nitrogen and oxygen atoms in total. The molecule has 1 saturated carbocycles. The lowest BCUT2D eigenvalue weighted by atomic mass is 10.1. The van der Waals surface area contributed by atoms with Crippen molar-refractivity contribution in [2.45, 2.75) is 50.6 Å². The van der Waals surface area contributed by atoms with Gasteiger partial charge in [-0.25, -0.2) is 0 Å². The van der Waals surface area contributed by atoms with Crippen LogP contribution in [0.3, 0.4) is 0 Å². The number of methoxy groups -OCH3 is 1. The summed E-state index contributed by atoms with van der Waals surface area (Å²) in [5.41, 5.74) is 1.50. The van der Waals surface area contributed by atoms with Crippen LogP contribution in [0.25, 0.3) is 0 Å². The van der Waals surface area contributed by atoms with E-state index in [-0.39, 0.29) is 11.4 Å². The van der Waals surface area contributed by atoms with Gasteiger partial charge in [0, 0.05) is 23.2 Å². The Morgan fingerprint density at radius 2 is 2.00 bits per heavy atom. The van der Waals surface area contributed by atoms with Crippen LogP contribution in [0.15, 0.2) is 29.2 Å². The predicted octanol–water partition coefficient (Wildman–Crippen LogP) is 3.62. The predicted molar refractivity (Wildman–Crippen MR) is 87.4 cm³/mol. The van der Waals surface area contributed by atoms with Crippen LogP contribution >= 0.6 is 11.8 Å². The average molecular weight is 307 g/mol. The number of nitrogens with one attached hydrogen (secondary N) is 1. The number of ether oxygens (including phenoxy) is 1. The summed E-state index contributed by atoms with van der Waals surface area (Å²) in [6.07, 6.45) is 2.85. The molecular weight excluding hydrogens is 282 g/mol. The number of hydrogen-bond donors (Lipinski definition) is 1. The average Bonchev–Trinajstić information content (AvgIpc) is 3.24. The summed E-state index contributed by atoms with van der Waals surface area (Å²) in [6.45, 7) is 5.22. The fourth-order valence-electron chi connectivity index (χ4n) is 2.19. The molecule has 0 saturated heterocycles. The van der Waals surface area contributed by atoms with Crippen molar-refractivity contribution in [1.29, 1.82) is 0 Å². The lowest BCUT2D eigenvalue weighted by molar-refractivity contribution is -0.141. The Kier molecular flexibility index (Phi) is 5.71. The number of thioether (sulfide) groups is 1. The summed E-state index contributed by atoms with van der Waals surface area (Å²) >= 11 is 1.85. The Bertz CT molecular complexity index is 466. The van der Waals surface area contributed by atoms with Crippen LogP contribution in [0.1, 0.15) is 38.7 Å². The smallest absolute Gasteiger partial charge is 0.306 e. The Morgan fingerprint density at radius 1 is 1.33 bits per heavy atom. The Labute approximate surface area is 131 Å². The summed E-state index contributed by atoms with van der Waals surface area (Å²) in [5.74, 6) is 0.925. The summed E-state index contributed by atoms with van der Waals surface area (Å²) in [4.78, 5) is 12.7. The van der Waals surface area contributed by atoms with Gasteiger partial charge in [0.1, 0.15) is 0 Å². The van der Waals surface area contributed by atoms with Crippen molar-refractivity contribution in [1.82, 2.24) is 5.32 Å². The minimum absolute atomic E-state index is 0.0804. The van der Waals surface area contributed by atoms with Crippen molar-refractivity contribution in [3.05, 3.63) is 29.8 Å². The van der Waals surface area contributed by atoms with E-state index in [0.717, 1.165) is 25.1 Å². The lowest BCUT2D eigenvalue weighted by Crippen LogP contribution is -2.21. The van der Waals surface area contributed by atoms with E-state index in [1.807, 2.05) is 11.8 Å². The van der Waals surface area contributed by atoms with Crippen LogP contribution in [-0.2, 0) is 16.1 Å². The van der Waals surface area contributed by atoms with E-state index in [4.69, 9.17) is 4.74 Å². The highest BCUT2D eigenvalue weighted by Crippen LogP contribution is 2.52. The minimum atomic E-state index is -0.0804. The minimum Gasteiger partial charge on any atom is -0.469 e. The molecule has 1 fully saturated rings. The van der Waals surface area contributed by atoms with Crippen LogP contribution < -0.4 is 5.32 Å². The van der Waals surface area contributed by atoms with Crippen molar-refractivity contribution >= 4 is 17.7 Å². The van der Waals surface area contributed by atoms with Crippen LogP contribution in [-0.4, -0.2) is 24.9 Å². The van der Waals surface area contributed by atoms with E-state index in [1.165, 1.54) is 17.6 Å². The molecule has 0 atom stereocenters. The second kappa shape index (κ2) is 7.32. The standard InChI is InChI=1S/C17H25NO2S/c1-13(2)18-11-14-4-6-15(7-5-14)21-12-17(8-9-17)10-16(19)20-3/h4-7,13,18H,8-12H2,1-3H3. The highest BCUT2D eigenvalue weighted by Gasteiger charge is 2.44. The Morgan fingerprint density at radius 3 is 2.52 bits per heavy atom. The molecule has 0 amide bonds. The van der Waals surface area contributed by atoms with Crippen LogP contribution in [0.5, 0.6) is 0 Å². The first-order valence-corrected chi connectivity index (χ1v) is 8.53. The van der Waals surface area contributed by atoms with Gasteiger partial charge < -0.3 is 10.1 Å². The molecule has 0 bridgehead atoms. The number of hydrogen-bond acceptors (Lipinski definition) is 4. The molecule has 1 aromatic carbocycles. The first-order valence-electron chi connectivity index (χ1n) is 7.55. The Balaban J connectivity index is 1.80. The van der Waals surface area contributed by atoms with E-state index in [9.17, 15) is 4.79 Å². The fourth-order valence-corrected chi connectivity index (χ4v) is 3.38. The normalized spacial score (nSPS) is 16.0. The van der Waals surface area contributed by atoms with Gasteiger partial charge in [-0.05, 0) is 36.0 Å². The number of carbonyl (C=O) groups excluding carboxylic acids is 1. The van der Waals surface area contributed by atoms with E-state index >= 15 is 0 Å². The lowest BCUT2D eigenvalue weighted by Gasteiger charge is -2.13. The first kappa shape index (κ1) is 16.4. The maximum absolute atomic E-state index is 11.4. The molecule has 21 heavy (non-hydrogen) atoms. The first-order chi connectivity index (χ1) is 10.0. The van der Waals surface area contributed by atoms with E-state index in [2.05, 4.69) is 43.4 Å². The number of carbonyl (C=O) groups is 1. The number of benzene rings is 1. The van der Waals surface area contributed by atoms with Gasteiger partial charge in [0.2, 0.25) is 0 Å². The summed E-state index contributed by atoms with van der Waals surface area (Å²) in [7, 11) is 1.47. The van der Waals surface area contributed by atoms with Gasteiger partial charge >= 0.3 is 5.97 Å². The molecule has 2 rings (SSSR count). The second-order valence-electron chi connectivity index (χ2n) is 6.22. The number of rotatable bonds is 8. The van der Waals surface area contributed by atoms with E-state index in [0.29, 0.717) is 12.5 Å². The van der Waals surface area contributed by atoms with Crippen molar-refractivity contribution < 1.29 is 9.53 Å². The Hall–Kier alpha value is -1.00. The van der Waals surface area contributed by atoms with Gasteiger partial charge in [0.05, 0.1) is 13.5 Å². The van der Waals surface area contributed by atoms with E-state index < -0.39 is 0 Å². The molecule has 0 aliphatic heterocycles. The molecule has 1 aliphatic rings. The third kappa shape index (κ3) is 5.36. The zero-order chi connectivity index (χ0) is 15.3. The quantitative estimate of drug-likeness (QED) is 0.588. The summed E-state index contributed by atoms with van der Waals surface area (Å²) in [5, 5.41) is 3.42. The van der Waals surface area contributed by atoms with Crippen molar-refractivity contribution in [2.75, 3.05) is 12.9 Å². The van der Waals surface area contributed by atoms with Crippen LogP contribution in [0.2, 0.25) is 0 Å². The largest absolute Gasteiger partial charge is 0.469 e. The highest BCUT2D eigenvalue weighted by molar-refractivity contribution is 7.99. The van der Waals surface area contributed by atoms with Gasteiger partial charge in [-0.3, -0.25) is 4.79 Å². The SMILES string of the molecule is COC(=O)CC1(CSc2ccc(CNC(C)C)cc2)CC1. The van der Waals surface area contributed by atoms with Crippen LogP contribution in [0.4, 0.5) is 0 Å². The molecule has 1 aromatic rings. The highest BCUT2D eigenvalue weighted by atomic mass is 32.2. The molecule has 1 N–H and O–H groups in total. The maximum atomic E-state index is 11.4. The molecular formula is C17H25NO2S. The van der Waals surface area contributed by atoms with Crippen molar-refractivity contribution in [3.8, 4) is 0 Å². The molecule has 0 spiro atoms. The second-order valence-corrected chi connectivity index (χ2v) is 7.27. The zero-order valence-corrected chi connectivity index (χ0v) is 14.0. The molecule has 1 aliphatic carbocycles. The monoisotopic (exact) mass is 307 g/mol. The summed E-state index contributed by atoms with van der Waals surface area (Å²) in [6, 6.07) is 9.22. The van der Waals surface area contributed by atoms with Gasteiger partial charge in [0.25, 0.3) is 0 Å². The van der Waals surface area contributed by atoms with Crippen molar-refractivity contribution in [2.24, 2.45) is 5.41 Å². The molecule has 0 aromatic heterocycles. The van der Waals surface area contributed by atoms with E-state index in [1.54, 1.807) is 0 Å². The number of esters is 1. The van der Waals surface area contributed by atoms with Gasteiger partial charge in [-0.15, -0.1) is 11.8 Å². The third-order valence-electron chi connectivity index (χ3n) is 3.89. The van der Waals surface area contributed by atoms with Gasteiger partial charge in [-0.1, -0.05) is 26.0 Å². The third-order valence-corrected chi connectivity index (χ3v) is 5.25. The van der Waals surface area contributed by atoms with Crippen molar-refractivity contribution in [3.63, 3.8) is 0 Å². The zero-order valence-electron chi connectivity index (χ0n) is 13.1. The van der Waals surface area contributed by atoms with Crippen LogP contribution in [0, 0.1) is 5.41 Å². The molecule has 0 unspecified atom stereocenters.